The Morgan fingerprint density at radius 3 is 2.25 bits per heavy atom. The van der Waals surface area contributed by atoms with Gasteiger partial charge in [0.05, 0.1) is 5.56 Å². The van der Waals surface area contributed by atoms with Crippen LogP contribution in [0.4, 0.5) is 13.2 Å². The maximum Gasteiger partial charge on any atom is 0.416 e. The van der Waals surface area contributed by atoms with Gasteiger partial charge in [-0.25, -0.2) is 0 Å². The van der Waals surface area contributed by atoms with Crippen LogP contribution >= 0.6 is 0 Å². The third-order valence-electron chi connectivity index (χ3n) is 6.28. The van der Waals surface area contributed by atoms with E-state index in [2.05, 4.69) is 41.0 Å². The van der Waals surface area contributed by atoms with E-state index < -0.39 is 11.7 Å². The van der Waals surface area contributed by atoms with Crippen LogP contribution in [0.1, 0.15) is 48.3 Å². The summed E-state index contributed by atoms with van der Waals surface area (Å²) in [6.07, 6.45) is 0.620. The summed E-state index contributed by atoms with van der Waals surface area (Å²) in [7, 11) is 0. The van der Waals surface area contributed by atoms with Gasteiger partial charge in [-0.1, -0.05) is 48.9 Å². The topological polar surface area (TPSA) is 24.1 Å². The molecule has 0 saturated heterocycles. The Hall–Kier alpha value is -1.85. The van der Waals surface area contributed by atoms with Crippen molar-refractivity contribution in [3.63, 3.8) is 0 Å². The fourth-order valence-electron chi connectivity index (χ4n) is 4.21. The molecule has 2 aromatic rings. The van der Waals surface area contributed by atoms with Gasteiger partial charge in [0, 0.05) is 31.6 Å². The van der Waals surface area contributed by atoms with Crippen LogP contribution < -0.4 is 10.6 Å². The van der Waals surface area contributed by atoms with Crippen LogP contribution in [0.15, 0.2) is 54.6 Å². The Bertz CT molecular complexity index is 767. The number of nitrogens with one attached hydrogen (secondary N) is 2. The van der Waals surface area contributed by atoms with Crippen LogP contribution in [-0.2, 0) is 12.7 Å². The van der Waals surface area contributed by atoms with Crippen molar-refractivity contribution >= 4 is 0 Å². The van der Waals surface area contributed by atoms with Crippen molar-refractivity contribution in [2.24, 2.45) is 5.41 Å². The van der Waals surface area contributed by atoms with Crippen molar-refractivity contribution in [3.8, 4) is 0 Å². The quantitative estimate of drug-likeness (QED) is 0.657. The molecule has 2 aliphatic carbocycles. The Kier molecular flexibility index (Phi) is 5.48. The second-order valence-electron chi connectivity index (χ2n) is 8.39. The number of alkyl halides is 3. The summed E-state index contributed by atoms with van der Waals surface area (Å²) in [4.78, 5) is 0. The molecule has 5 heteroatoms. The zero-order valence-electron chi connectivity index (χ0n) is 15.9. The highest BCUT2D eigenvalue weighted by Crippen LogP contribution is 2.44. The van der Waals surface area contributed by atoms with Crippen LogP contribution in [0.25, 0.3) is 0 Å². The first kappa shape index (κ1) is 19.5. The van der Waals surface area contributed by atoms with Crippen molar-refractivity contribution in [2.45, 2.75) is 50.4 Å². The molecule has 28 heavy (non-hydrogen) atoms. The fraction of sp³-hybridized carbons (Fsp3) is 0.478. The predicted octanol–water partition coefficient (Wildman–Crippen LogP) is 5.11. The van der Waals surface area contributed by atoms with Crippen molar-refractivity contribution in [3.05, 3.63) is 71.3 Å². The molecule has 0 amide bonds. The van der Waals surface area contributed by atoms with Gasteiger partial charge in [-0.15, -0.1) is 0 Å². The number of benzene rings is 2. The van der Waals surface area contributed by atoms with E-state index in [1.165, 1.54) is 31.2 Å². The van der Waals surface area contributed by atoms with Crippen LogP contribution in [0.3, 0.4) is 0 Å². The molecule has 0 heterocycles. The van der Waals surface area contributed by atoms with E-state index in [9.17, 15) is 13.2 Å². The molecule has 2 aromatic carbocycles. The molecular formula is C23H27F3N2. The molecule has 2 N–H and O–H groups in total. The van der Waals surface area contributed by atoms with E-state index in [1.807, 2.05) is 0 Å². The second-order valence-corrected chi connectivity index (χ2v) is 8.39. The average Bonchev–Trinajstić information content (AvgIpc) is 3.43. The van der Waals surface area contributed by atoms with Crippen molar-refractivity contribution in [1.29, 1.82) is 0 Å². The first-order valence-corrected chi connectivity index (χ1v) is 10.1. The second kappa shape index (κ2) is 7.88. The van der Waals surface area contributed by atoms with Crippen LogP contribution in [0, 0.1) is 5.41 Å². The van der Waals surface area contributed by atoms with E-state index in [4.69, 9.17) is 0 Å². The molecule has 0 spiro atoms. The van der Waals surface area contributed by atoms with Crippen LogP contribution in [-0.4, -0.2) is 19.1 Å². The van der Waals surface area contributed by atoms with Gasteiger partial charge in [-0.2, -0.15) is 13.2 Å². The Morgan fingerprint density at radius 2 is 1.64 bits per heavy atom. The van der Waals surface area contributed by atoms with Gasteiger partial charge in [0.25, 0.3) is 0 Å². The number of halogens is 3. The summed E-state index contributed by atoms with van der Waals surface area (Å²) in [6.45, 7) is 2.53. The highest BCUT2D eigenvalue weighted by molar-refractivity contribution is 5.28. The van der Waals surface area contributed by atoms with Crippen LogP contribution in [0.5, 0.6) is 0 Å². The van der Waals surface area contributed by atoms with Gasteiger partial charge in [0.2, 0.25) is 0 Å². The SMILES string of the molecule is FC(F)(F)c1ccc(CNCC2(CN[C@H]3CC3c3ccccc3)CCC2)cc1. The van der Waals surface area contributed by atoms with Gasteiger partial charge in [0.15, 0.2) is 0 Å². The molecule has 4 rings (SSSR count). The van der Waals surface area contributed by atoms with Gasteiger partial charge in [0.1, 0.15) is 0 Å². The largest absolute Gasteiger partial charge is 0.416 e. The highest BCUT2D eigenvalue weighted by atomic mass is 19.4. The summed E-state index contributed by atoms with van der Waals surface area (Å²) in [5.74, 6) is 0.637. The Labute approximate surface area is 164 Å². The van der Waals surface area contributed by atoms with Gasteiger partial charge >= 0.3 is 6.18 Å². The summed E-state index contributed by atoms with van der Waals surface area (Å²) < 4.78 is 37.9. The third-order valence-corrected chi connectivity index (χ3v) is 6.28. The number of hydrogen-bond donors (Lipinski definition) is 2. The molecule has 1 unspecified atom stereocenters. The maximum atomic E-state index is 12.6. The van der Waals surface area contributed by atoms with Gasteiger partial charge in [-0.05, 0) is 47.9 Å². The Balaban J connectivity index is 1.22. The summed E-state index contributed by atoms with van der Waals surface area (Å²) in [5.41, 5.74) is 2.01. The number of hydrogen-bond acceptors (Lipinski definition) is 2. The highest BCUT2D eigenvalue weighted by Gasteiger charge is 2.42. The Morgan fingerprint density at radius 1 is 0.929 bits per heavy atom. The molecule has 0 aliphatic heterocycles. The van der Waals surface area contributed by atoms with Crippen molar-refractivity contribution in [2.75, 3.05) is 13.1 Å². The monoisotopic (exact) mass is 388 g/mol. The van der Waals surface area contributed by atoms with Crippen molar-refractivity contribution in [1.82, 2.24) is 10.6 Å². The lowest BCUT2D eigenvalue weighted by Gasteiger charge is -2.42. The molecule has 150 valence electrons. The minimum Gasteiger partial charge on any atom is -0.313 e. The first-order valence-electron chi connectivity index (χ1n) is 10.1. The lowest BCUT2D eigenvalue weighted by Crippen LogP contribution is -2.47. The lowest BCUT2D eigenvalue weighted by atomic mass is 9.68. The average molecular weight is 388 g/mol. The molecule has 2 saturated carbocycles. The zero-order valence-corrected chi connectivity index (χ0v) is 15.9. The molecule has 0 radical (unpaired) electrons. The minimum absolute atomic E-state index is 0.287. The summed E-state index contributed by atoms with van der Waals surface area (Å²) in [5, 5.41) is 7.22. The normalized spacial score (nSPS) is 23.2. The molecule has 2 aliphatic rings. The van der Waals surface area contributed by atoms with E-state index >= 15 is 0 Å². The minimum atomic E-state index is -4.27. The smallest absolute Gasteiger partial charge is 0.313 e. The van der Waals surface area contributed by atoms with E-state index in [-0.39, 0.29) is 5.41 Å². The van der Waals surface area contributed by atoms with E-state index in [0.29, 0.717) is 18.5 Å². The zero-order chi connectivity index (χ0) is 19.6. The number of rotatable bonds is 8. The molecular weight excluding hydrogens is 361 g/mol. The van der Waals surface area contributed by atoms with E-state index in [1.54, 1.807) is 12.1 Å². The molecule has 2 nitrogen and oxygen atoms in total. The molecule has 0 aromatic heterocycles. The van der Waals surface area contributed by atoms with E-state index in [0.717, 1.165) is 30.8 Å². The molecule has 2 atom stereocenters. The lowest BCUT2D eigenvalue weighted by molar-refractivity contribution is -0.137. The molecule has 0 bridgehead atoms. The van der Waals surface area contributed by atoms with Crippen LogP contribution in [0.2, 0.25) is 0 Å². The van der Waals surface area contributed by atoms with Crippen molar-refractivity contribution < 1.29 is 13.2 Å². The molecule has 2 fully saturated rings. The summed E-state index contributed by atoms with van der Waals surface area (Å²) >= 11 is 0. The third kappa shape index (κ3) is 4.58. The summed E-state index contributed by atoms with van der Waals surface area (Å²) in [6, 6.07) is 16.7. The van der Waals surface area contributed by atoms with Gasteiger partial charge < -0.3 is 10.6 Å². The standard InChI is InChI=1S/C23H27F3N2/c24-23(25,26)19-9-7-17(8-10-19)14-27-15-22(11-4-12-22)16-28-21-13-20(21)18-5-2-1-3-6-18/h1-3,5-10,20-21,27-28H,4,11-16H2/t20?,21-/m0/s1. The maximum absolute atomic E-state index is 12.6. The fourth-order valence-corrected chi connectivity index (χ4v) is 4.21. The van der Waals surface area contributed by atoms with Gasteiger partial charge in [-0.3, -0.25) is 0 Å². The first-order chi connectivity index (χ1) is 13.5. The predicted molar refractivity (Wildman–Crippen MR) is 105 cm³/mol.